The van der Waals surface area contributed by atoms with Gasteiger partial charge in [-0.15, -0.1) is 0 Å². The van der Waals surface area contributed by atoms with E-state index in [1.54, 1.807) is 0 Å². The van der Waals surface area contributed by atoms with Gasteiger partial charge in [-0.2, -0.15) is 13.2 Å². The Bertz CT molecular complexity index is 720. The highest BCUT2D eigenvalue weighted by Crippen LogP contribution is 2.29. The third-order valence-electron chi connectivity index (χ3n) is 3.22. The van der Waals surface area contributed by atoms with Crippen molar-refractivity contribution in [3.05, 3.63) is 70.8 Å². The fraction of sp³-hybridized carbons (Fsp3) is 0.300. The van der Waals surface area contributed by atoms with Crippen molar-refractivity contribution in [2.45, 2.75) is 33.4 Å². The molecule has 0 fully saturated rings. The van der Waals surface area contributed by atoms with E-state index >= 15 is 0 Å². The highest BCUT2D eigenvalue weighted by molar-refractivity contribution is 5.44. The molecule has 0 bridgehead atoms. The minimum atomic E-state index is -4.31. The molecule has 0 amide bonds. The molecular formula is C20H19F3. The summed E-state index contributed by atoms with van der Waals surface area (Å²) in [6.45, 7) is 6.52. The van der Waals surface area contributed by atoms with Crippen LogP contribution in [0.3, 0.4) is 0 Å². The normalized spacial score (nSPS) is 11.7. The van der Waals surface area contributed by atoms with Gasteiger partial charge in [0.25, 0.3) is 0 Å². The molecule has 120 valence electrons. The summed E-state index contributed by atoms with van der Waals surface area (Å²) in [5, 5.41) is 0. The third kappa shape index (κ3) is 5.49. The first-order valence-electron chi connectivity index (χ1n) is 7.42. The van der Waals surface area contributed by atoms with E-state index in [9.17, 15) is 13.2 Å². The van der Waals surface area contributed by atoms with E-state index in [0.29, 0.717) is 5.56 Å². The molecule has 0 aliphatic carbocycles. The van der Waals surface area contributed by atoms with Gasteiger partial charge < -0.3 is 0 Å². The van der Waals surface area contributed by atoms with Crippen LogP contribution in [0.4, 0.5) is 13.2 Å². The summed E-state index contributed by atoms with van der Waals surface area (Å²) in [5.74, 6) is 5.93. The molecule has 0 atom stereocenters. The molecule has 3 heteroatoms. The van der Waals surface area contributed by atoms with Gasteiger partial charge in [0.15, 0.2) is 0 Å². The summed E-state index contributed by atoms with van der Waals surface area (Å²) in [5.41, 5.74) is 2.18. The number of hydrogen-bond donors (Lipinski definition) is 0. The standard InChI is InChI=1S/C20H19F3/c1-19(2,3)14-17-6-4-5-16(13-17)8-7-15-9-11-18(12-10-15)20(21,22)23/h4-6,9-13H,14H2,1-3H3. The van der Waals surface area contributed by atoms with Crippen molar-refractivity contribution in [3.63, 3.8) is 0 Å². The lowest BCUT2D eigenvalue weighted by molar-refractivity contribution is -0.137. The minimum Gasteiger partial charge on any atom is -0.166 e. The van der Waals surface area contributed by atoms with Crippen LogP contribution in [-0.2, 0) is 12.6 Å². The van der Waals surface area contributed by atoms with Gasteiger partial charge in [-0.25, -0.2) is 0 Å². The number of rotatable bonds is 1. The molecule has 0 aliphatic rings. The van der Waals surface area contributed by atoms with Crippen molar-refractivity contribution in [2.24, 2.45) is 5.41 Å². The Balaban J connectivity index is 2.17. The van der Waals surface area contributed by atoms with E-state index < -0.39 is 11.7 Å². The van der Waals surface area contributed by atoms with Gasteiger partial charge in [-0.1, -0.05) is 44.7 Å². The largest absolute Gasteiger partial charge is 0.416 e. The number of alkyl halides is 3. The third-order valence-corrected chi connectivity index (χ3v) is 3.22. The van der Waals surface area contributed by atoms with Crippen molar-refractivity contribution in [2.75, 3.05) is 0 Å². The van der Waals surface area contributed by atoms with Crippen molar-refractivity contribution >= 4 is 0 Å². The summed E-state index contributed by atoms with van der Waals surface area (Å²) >= 11 is 0. The zero-order valence-corrected chi connectivity index (χ0v) is 13.5. The lowest BCUT2D eigenvalue weighted by Gasteiger charge is -2.18. The second kappa shape index (κ2) is 6.50. The number of hydrogen-bond acceptors (Lipinski definition) is 0. The number of benzene rings is 2. The van der Waals surface area contributed by atoms with E-state index in [-0.39, 0.29) is 5.41 Å². The van der Waals surface area contributed by atoms with Crippen molar-refractivity contribution in [1.82, 2.24) is 0 Å². The topological polar surface area (TPSA) is 0 Å². The van der Waals surface area contributed by atoms with Gasteiger partial charge in [0.1, 0.15) is 0 Å². The fourth-order valence-electron chi connectivity index (χ4n) is 2.26. The van der Waals surface area contributed by atoms with Gasteiger partial charge in [-0.05, 0) is 53.8 Å². The van der Waals surface area contributed by atoms with Crippen molar-refractivity contribution in [1.29, 1.82) is 0 Å². The van der Waals surface area contributed by atoms with Gasteiger partial charge in [0.2, 0.25) is 0 Å². The molecule has 23 heavy (non-hydrogen) atoms. The van der Waals surface area contributed by atoms with Crippen molar-refractivity contribution in [3.8, 4) is 11.8 Å². The second-order valence-corrected chi connectivity index (χ2v) is 6.76. The molecule has 2 aromatic rings. The SMILES string of the molecule is CC(C)(C)Cc1cccc(C#Cc2ccc(C(F)(F)F)cc2)c1. The first-order chi connectivity index (χ1) is 10.6. The molecule has 0 spiro atoms. The summed E-state index contributed by atoms with van der Waals surface area (Å²) in [7, 11) is 0. The van der Waals surface area contributed by atoms with Crippen LogP contribution in [0.5, 0.6) is 0 Å². The van der Waals surface area contributed by atoms with Gasteiger partial charge in [0, 0.05) is 11.1 Å². The van der Waals surface area contributed by atoms with Crippen LogP contribution >= 0.6 is 0 Å². The van der Waals surface area contributed by atoms with Gasteiger partial charge in [0.05, 0.1) is 5.56 Å². The maximum Gasteiger partial charge on any atom is 0.416 e. The quantitative estimate of drug-likeness (QED) is 0.593. The smallest absolute Gasteiger partial charge is 0.166 e. The van der Waals surface area contributed by atoms with Crippen LogP contribution in [0, 0.1) is 17.3 Å². The Hall–Kier alpha value is -2.21. The average Bonchev–Trinajstić information content (AvgIpc) is 2.43. The van der Waals surface area contributed by atoms with Gasteiger partial charge in [-0.3, -0.25) is 0 Å². The van der Waals surface area contributed by atoms with Crippen molar-refractivity contribution < 1.29 is 13.2 Å². The maximum absolute atomic E-state index is 12.5. The van der Waals surface area contributed by atoms with E-state index in [0.717, 1.165) is 24.1 Å². The zero-order chi connectivity index (χ0) is 17.1. The summed E-state index contributed by atoms with van der Waals surface area (Å²) in [4.78, 5) is 0. The molecule has 0 unspecified atom stereocenters. The Morgan fingerprint density at radius 3 is 2.00 bits per heavy atom. The monoisotopic (exact) mass is 316 g/mol. The second-order valence-electron chi connectivity index (χ2n) is 6.76. The molecule has 0 nitrogen and oxygen atoms in total. The van der Waals surface area contributed by atoms with E-state index in [1.807, 2.05) is 18.2 Å². The van der Waals surface area contributed by atoms with Crippen LogP contribution in [0.15, 0.2) is 48.5 Å². The van der Waals surface area contributed by atoms with E-state index in [1.165, 1.54) is 17.7 Å². The maximum atomic E-state index is 12.5. The minimum absolute atomic E-state index is 0.194. The lowest BCUT2D eigenvalue weighted by Crippen LogP contribution is -2.09. The highest BCUT2D eigenvalue weighted by Gasteiger charge is 2.29. The Labute approximate surface area is 135 Å². The van der Waals surface area contributed by atoms with Crippen LogP contribution in [-0.4, -0.2) is 0 Å². The first-order valence-corrected chi connectivity index (χ1v) is 7.42. The Morgan fingerprint density at radius 1 is 0.826 bits per heavy atom. The van der Waals surface area contributed by atoms with E-state index in [2.05, 4.69) is 38.7 Å². The average molecular weight is 316 g/mol. The Morgan fingerprint density at radius 2 is 1.43 bits per heavy atom. The molecule has 0 radical (unpaired) electrons. The molecular weight excluding hydrogens is 297 g/mol. The molecule has 0 N–H and O–H groups in total. The Kier molecular flexibility index (Phi) is 4.85. The molecule has 0 heterocycles. The molecule has 0 saturated heterocycles. The van der Waals surface area contributed by atoms with Gasteiger partial charge >= 0.3 is 6.18 Å². The number of halogens is 3. The predicted molar refractivity (Wildman–Crippen MR) is 87.0 cm³/mol. The molecule has 2 aromatic carbocycles. The zero-order valence-electron chi connectivity index (χ0n) is 13.5. The van der Waals surface area contributed by atoms with Crippen LogP contribution < -0.4 is 0 Å². The van der Waals surface area contributed by atoms with Crippen LogP contribution in [0.25, 0.3) is 0 Å². The predicted octanol–water partition coefficient (Wildman–Crippen LogP) is 5.69. The highest BCUT2D eigenvalue weighted by atomic mass is 19.4. The summed E-state index contributed by atoms with van der Waals surface area (Å²) < 4.78 is 37.5. The van der Waals surface area contributed by atoms with Crippen LogP contribution in [0.2, 0.25) is 0 Å². The molecule has 0 saturated carbocycles. The molecule has 0 aliphatic heterocycles. The summed E-state index contributed by atoms with van der Waals surface area (Å²) in [6.07, 6.45) is -3.37. The fourth-order valence-corrected chi connectivity index (χ4v) is 2.26. The van der Waals surface area contributed by atoms with E-state index in [4.69, 9.17) is 0 Å². The first kappa shape index (κ1) is 17.1. The molecule has 2 rings (SSSR count). The summed E-state index contributed by atoms with van der Waals surface area (Å²) in [6, 6.07) is 12.9. The van der Waals surface area contributed by atoms with Crippen LogP contribution in [0.1, 0.15) is 43.0 Å². The lowest BCUT2D eigenvalue weighted by atomic mass is 9.88. The molecule has 0 aromatic heterocycles.